The van der Waals surface area contributed by atoms with E-state index in [-0.39, 0.29) is 53.7 Å². The van der Waals surface area contributed by atoms with E-state index in [1.165, 1.54) is 29.5 Å². The molecule has 1 amide bonds. The van der Waals surface area contributed by atoms with Crippen LogP contribution >= 0.6 is 0 Å². The van der Waals surface area contributed by atoms with Gasteiger partial charge in [0, 0.05) is 55.1 Å². The number of amides is 1. The molecule has 0 aromatic carbocycles. The van der Waals surface area contributed by atoms with Gasteiger partial charge >= 0.3 is 6.18 Å². The van der Waals surface area contributed by atoms with Gasteiger partial charge in [-0.1, -0.05) is 0 Å². The summed E-state index contributed by atoms with van der Waals surface area (Å²) in [6.45, 7) is 1.13. The Hall–Kier alpha value is -2.47. The highest BCUT2D eigenvalue weighted by Gasteiger charge is 2.37. The number of nitrogens with one attached hydrogen (secondary N) is 1. The SMILES string of the molecule is Cc1nc(N2CCCC(F)(F)CC2)c(C(=O)Nc2ccnc([S+](C)[O-])c2)cc1C(F)(F)F. The Balaban J connectivity index is 2.01. The lowest BCUT2D eigenvalue weighted by molar-refractivity contribution is -0.138. The average Bonchev–Trinajstić information content (AvgIpc) is 2.87. The lowest BCUT2D eigenvalue weighted by Gasteiger charge is -2.25. The van der Waals surface area contributed by atoms with Crippen LogP contribution in [0.2, 0.25) is 0 Å². The highest BCUT2D eigenvalue weighted by Crippen LogP contribution is 2.36. The van der Waals surface area contributed by atoms with Crippen LogP contribution in [-0.4, -0.2) is 45.7 Å². The second-order valence-corrected chi connectivity index (χ2v) is 8.80. The summed E-state index contributed by atoms with van der Waals surface area (Å²) >= 11 is -1.44. The lowest BCUT2D eigenvalue weighted by Crippen LogP contribution is -2.30. The minimum Gasteiger partial charge on any atom is -0.610 e. The molecule has 1 aliphatic heterocycles. The molecule has 0 saturated carbocycles. The summed E-state index contributed by atoms with van der Waals surface area (Å²) < 4.78 is 79.6. The maximum Gasteiger partial charge on any atom is 0.418 e. The van der Waals surface area contributed by atoms with Crippen LogP contribution in [0.25, 0.3) is 0 Å². The number of alkyl halides is 5. The van der Waals surface area contributed by atoms with Gasteiger partial charge in [0.05, 0.1) is 16.8 Å². The van der Waals surface area contributed by atoms with E-state index in [4.69, 9.17) is 0 Å². The Labute approximate surface area is 184 Å². The van der Waals surface area contributed by atoms with Crippen molar-refractivity contribution in [1.82, 2.24) is 9.97 Å². The number of aromatic nitrogens is 2. The van der Waals surface area contributed by atoms with Gasteiger partial charge in [-0.3, -0.25) is 4.79 Å². The van der Waals surface area contributed by atoms with Gasteiger partial charge in [0.25, 0.3) is 5.91 Å². The summed E-state index contributed by atoms with van der Waals surface area (Å²) in [4.78, 5) is 22.3. The molecule has 1 fully saturated rings. The van der Waals surface area contributed by atoms with E-state index >= 15 is 0 Å². The van der Waals surface area contributed by atoms with E-state index < -0.39 is 41.2 Å². The average molecular weight is 476 g/mol. The monoisotopic (exact) mass is 476 g/mol. The van der Waals surface area contributed by atoms with Gasteiger partial charge in [-0.15, -0.1) is 0 Å². The van der Waals surface area contributed by atoms with Gasteiger partial charge in [0.1, 0.15) is 12.1 Å². The normalized spacial score (nSPS) is 17.6. The van der Waals surface area contributed by atoms with E-state index in [0.29, 0.717) is 6.07 Å². The Morgan fingerprint density at radius 3 is 2.62 bits per heavy atom. The quantitative estimate of drug-likeness (QED) is 0.522. The molecule has 1 N–H and O–H groups in total. The first-order chi connectivity index (χ1) is 14.9. The number of carbonyl (C=O) groups is 1. The van der Waals surface area contributed by atoms with Crippen LogP contribution in [-0.2, 0) is 17.4 Å². The van der Waals surface area contributed by atoms with Gasteiger partial charge in [-0.25, -0.2) is 18.7 Å². The van der Waals surface area contributed by atoms with Crippen LogP contribution in [0.4, 0.5) is 33.5 Å². The second kappa shape index (κ2) is 9.18. The van der Waals surface area contributed by atoms with Crippen LogP contribution < -0.4 is 10.2 Å². The Kier molecular flexibility index (Phi) is 6.94. The van der Waals surface area contributed by atoms with Crippen LogP contribution in [0.5, 0.6) is 0 Å². The Morgan fingerprint density at radius 2 is 1.97 bits per heavy atom. The van der Waals surface area contributed by atoms with Crippen molar-refractivity contribution in [2.45, 2.75) is 43.3 Å². The fourth-order valence-electron chi connectivity index (χ4n) is 3.41. The molecule has 1 unspecified atom stereocenters. The molecule has 0 aliphatic carbocycles. The number of nitrogens with zero attached hydrogens (tertiary/aromatic N) is 3. The highest BCUT2D eigenvalue weighted by molar-refractivity contribution is 7.90. The molecule has 3 heterocycles. The third kappa shape index (κ3) is 5.66. The van der Waals surface area contributed by atoms with Crippen LogP contribution in [0.15, 0.2) is 29.4 Å². The Bertz CT molecular complexity index is 1000. The van der Waals surface area contributed by atoms with E-state index in [1.54, 1.807) is 0 Å². The first-order valence-corrected chi connectivity index (χ1v) is 11.3. The zero-order valence-electron chi connectivity index (χ0n) is 17.3. The number of rotatable bonds is 4. The van der Waals surface area contributed by atoms with E-state index in [0.717, 1.165) is 6.92 Å². The molecule has 3 rings (SSSR count). The standard InChI is InChI=1S/C20H21F5N4O2S/c1-12-15(20(23,24)25)11-14(17(27-12)29-8-3-5-19(21,22)6-9-29)18(30)28-13-4-7-26-16(10-13)32(2)31/h4,7,10-11H,3,5-6,8-9H2,1-2H3,(H,26,28,30). The number of carbonyl (C=O) groups excluding carboxylic acids is 1. The van der Waals surface area contributed by atoms with E-state index in [1.807, 2.05) is 0 Å². The second-order valence-electron chi connectivity index (χ2n) is 7.48. The first-order valence-electron chi connectivity index (χ1n) is 9.70. The minimum absolute atomic E-state index is 0.0842. The molecule has 1 aliphatic rings. The predicted octanol–water partition coefficient (Wildman–Crippen LogP) is 4.42. The molecule has 2 aromatic rings. The number of halogens is 5. The molecule has 32 heavy (non-hydrogen) atoms. The van der Waals surface area contributed by atoms with Gasteiger partial charge in [-0.05, 0) is 25.5 Å². The van der Waals surface area contributed by atoms with Gasteiger partial charge in [-0.2, -0.15) is 13.2 Å². The van der Waals surface area contributed by atoms with Crippen molar-refractivity contribution in [3.05, 3.63) is 41.2 Å². The largest absolute Gasteiger partial charge is 0.610 e. The molecule has 0 bridgehead atoms. The van der Waals surface area contributed by atoms with Crippen LogP contribution in [0.1, 0.15) is 40.9 Å². The molecule has 174 valence electrons. The Morgan fingerprint density at radius 1 is 1.25 bits per heavy atom. The molecule has 12 heteroatoms. The molecule has 1 atom stereocenters. The van der Waals surface area contributed by atoms with Crippen molar-refractivity contribution in [2.24, 2.45) is 0 Å². The molecule has 2 aromatic heterocycles. The first kappa shape index (κ1) is 24.2. The molecular formula is C20H21F5N4O2S. The summed E-state index contributed by atoms with van der Waals surface area (Å²) in [6.07, 6.45) is -2.80. The number of anilines is 2. The van der Waals surface area contributed by atoms with Crippen molar-refractivity contribution >= 4 is 28.6 Å². The maximum atomic E-state index is 13.8. The van der Waals surface area contributed by atoms with E-state index in [2.05, 4.69) is 15.3 Å². The molecule has 0 radical (unpaired) electrons. The number of aryl methyl sites for hydroxylation is 1. The van der Waals surface area contributed by atoms with E-state index in [9.17, 15) is 31.3 Å². The van der Waals surface area contributed by atoms with Crippen molar-refractivity contribution in [3.63, 3.8) is 0 Å². The summed E-state index contributed by atoms with van der Waals surface area (Å²) in [5.41, 5.74) is -1.65. The number of hydrogen-bond acceptors (Lipinski definition) is 5. The maximum absolute atomic E-state index is 13.8. The van der Waals surface area contributed by atoms with Crippen LogP contribution in [0.3, 0.4) is 0 Å². The summed E-state index contributed by atoms with van der Waals surface area (Å²) in [7, 11) is 0. The van der Waals surface area contributed by atoms with Crippen LogP contribution in [0, 0.1) is 6.92 Å². The molecular weight excluding hydrogens is 455 g/mol. The lowest BCUT2D eigenvalue weighted by atomic mass is 10.1. The minimum atomic E-state index is -4.75. The number of pyridine rings is 2. The van der Waals surface area contributed by atoms with Gasteiger partial charge in [0.15, 0.2) is 0 Å². The molecule has 0 spiro atoms. The summed E-state index contributed by atoms with van der Waals surface area (Å²) in [6, 6.07) is 3.43. The van der Waals surface area contributed by atoms with Gasteiger partial charge in [0.2, 0.25) is 10.9 Å². The molecule has 6 nitrogen and oxygen atoms in total. The fourth-order valence-corrected chi connectivity index (χ4v) is 3.91. The highest BCUT2D eigenvalue weighted by atomic mass is 32.2. The third-order valence-corrected chi connectivity index (χ3v) is 5.86. The third-order valence-electron chi connectivity index (χ3n) is 5.05. The van der Waals surface area contributed by atoms with Gasteiger partial charge < -0.3 is 14.8 Å². The smallest absolute Gasteiger partial charge is 0.418 e. The molecule has 1 saturated heterocycles. The topological polar surface area (TPSA) is 81.2 Å². The van der Waals surface area contributed by atoms with Crippen molar-refractivity contribution < 1.29 is 31.3 Å². The summed E-state index contributed by atoms with van der Waals surface area (Å²) in [5, 5.41) is 2.64. The zero-order valence-corrected chi connectivity index (χ0v) is 18.1. The van der Waals surface area contributed by atoms with Crippen molar-refractivity contribution in [1.29, 1.82) is 0 Å². The predicted molar refractivity (Wildman–Crippen MR) is 110 cm³/mol. The van der Waals surface area contributed by atoms with Crippen molar-refractivity contribution in [2.75, 3.05) is 29.6 Å². The fraction of sp³-hybridized carbons (Fsp3) is 0.450. The zero-order chi connectivity index (χ0) is 23.7. The summed E-state index contributed by atoms with van der Waals surface area (Å²) in [5.74, 6) is -3.87. The number of hydrogen-bond donors (Lipinski definition) is 1. The van der Waals surface area contributed by atoms with Crippen molar-refractivity contribution in [3.8, 4) is 0 Å².